The summed E-state index contributed by atoms with van der Waals surface area (Å²) < 4.78 is 13.7. The van der Waals surface area contributed by atoms with Crippen LogP contribution in [0.1, 0.15) is 25.7 Å². The van der Waals surface area contributed by atoms with Crippen molar-refractivity contribution in [3.05, 3.63) is 44.1 Å². The number of allylic oxidation sites excluding steroid dienone is 1. The van der Waals surface area contributed by atoms with E-state index in [9.17, 15) is 14.4 Å². The Balaban J connectivity index is 1.84. The highest BCUT2D eigenvalue weighted by Crippen LogP contribution is 2.16. The molecule has 2 unspecified atom stereocenters. The molecular formula is C16H23N3O5. The zero-order valence-electron chi connectivity index (χ0n) is 13.7. The number of ether oxygens (including phenoxy) is 2. The second-order valence-electron chi connectivity index (χ2n) is 6.25. The summed E-state index contributed by atoms with van der Waals surface area (Å²) in [6, 6.07) is 0. The van der Waals surface area contributed by atoms with Gasteiger partial charge in [-0.2, -0.15) is 0 Å². The highest BCUT2D eigenvalue weighted by molar-refractivity contribution is 4.83. The van der Waals surface area contributed by atoms with Gasteiger partial charge in [0.2, 0.25) is 0 Å². The first-order chi connectivity index (χ1) is 11.6. The van der Waals surface area contributed by atoms with E-state index in [2.05, 4.69) is 6.58 Å². The van der Waals surface area contributed by atoms with Crippen molar-refractivity contribution in [2.24, 2.45) is 0 Å². The zero-order valence-corrected chi connectivity index (χ0v) is 13.7. The van der Waals surface area contributed by atoms with E-state index in [0.29, 0.717) is 25.9 Å². The highest BCUT2D eigenvalue weighted by atomic mass is 16.6. The summed E-state index contributed by atoms with van der Waals surface area (Å²) in [5.41, 5.74) is -1.66. The molecule has 8 nitrogen and oxygen atoms in total. The maximum absolute atomic E-state index is 12.6. The molecule has 2 aliphatic rings. The van der Waals surface area contributed by atoms with Crippen molar-refractivity contribution < 1.29 is 9.47 Å². The lowest BCUT2D eigenvalue weighted by Gasteiger charge is -2.12. The van der Waals surface area contributed by atoms with E-state index in [1.807, 2.05) is 0 Å². The molecule has 1 aromatic rings. The highest BCUT2D eigenvalue weighted by Gasteiger charge is 2.23. The fourth-order valence-corrected chi connectivity index (χ4v) is 2.77. The maximum atomic E-state index is 12.6. The molecule has 132 valence electrons. The van der Waals surface area contributed by atoms with Gasteiger partial charge in [-0.25, -0.2) is 28.1 Å². The number of epoxide rings is 2. The standard InChI is InChI=1S/C16H23N3O5/c1-2-7-17-14(20)18(8-3-5-12-10-23-12)16(22)19(15(17)21)9-4-6-13-11-24-13/h2,12-13H,1,3-11H2. The van der Waals surface area contributed by atoms with Crippen LogP contribution < -0.4 is 17.1 Å². The van der Waals surface area contributed by atoms with E-state index < -0.39 is 17.1 Å². The summed E-state index contributed by atoms with van der Waals surface area (Å²) in [6.07, 6.45) is 4.94. The molecule has 2 fully saturated rings. The molecule has 3 rings (SSSR count). The Morgan fingerprint density at radius 1 is 0.875 bits per heavy atom. The van der Waals surface area contributed by atoms with E-state index in [1.165, 1.54) is 6.08 Å². The third-order valence-electron chi connectivity index (χ3n) is 4.32. The summed E-state index contributed by atoms with van der Waals surface area (Å²) in [6.45, 7) is 5.75. The Morgan fingerprint density at radius 3 is 1.67 bits per heavy atom. The van der Waals surface area contributed by atoms with Crippen molar-refractivity contribution in [1.29, 1.82) is 0 Å². The number of aromatic nitrogens is 3. The summed E-state index contributed by atoms with van der Waals surface area (Å²) >= 11 is 0. The van der Waals surface area contributed by atoms with Crippen LogP contribution in [0.5, 0.6) is 0 Å². The van der Waals surface area contributed by atoms with Gasteiger partial charge in [0.25, 0.3) is 0 Å². The lowest BCUT2D eigenvalue weighted by atomic mass is 10.2. The van der Waals surface area contributed by atoms with Crippen LogP contribution in [0.2, 0.25) is 0 Å². The first-order valence-electron chi connectivity index (χ1n) is 8.40. The molecule has 0 aromatic carbocycles. The second kappa shape index (κ2) is 7.31. The van der Waals surface area contributed by atoms with Crippen LogP contribution in [-0.4, -0.2) is 39.1 Å². The van der Waals surface area contributed by atoms with Crippen LogP contribution in [0.15, 0.2) is 27.0 Å². The van der Waals surface area contributed by atoms with Gasteiger partial charge in [0.15, 0.2) is 0 Å². The van der Waals surface area contributed by atoms with Crippen LogP contribution in [0.4, 0.5) is 0 Å². The van der Waals surface area contributed by atoms with Crippen molar-refractivity contribution in [1.82, 2.24) is 13.7 Å². The van der Waals surface area contributed by atoms with Gasteiger partial charge in [-0.3, -0.25) is 0 Å². The minimum atomic E-state index is -0.566. The monoisotopic (exact) mass is 337 g/mol. The Bertz CT molecular complexity index is 711. The molecule has 0 N–H and O–H groups in total. The molecule has 2 atom stereocenters. The van der Waals surface area contributed by atoms with Crippen molar-refractivity contribution in [2.75, 3.05) is 13.2 Å². The van der Waals surface area contributed by atoms with E-state index in [0.717, 1.165) is 39.8 Å². The van der Waals surface area contributed by atoms with Gasteiger partial charge in [-0.15, -0.1) is 6.58 Å². The fourth-order valence-electron chi connectivity index (χ4n) is 2.77. The Morgan fingerprint density at radius 2 is 1.29 bits per heavy atom. The van der Waals surface area contributed by atoms with Crippen LogP contribution in [0.3, 0.4) is 0 Å². The molecule has 0 bridgehead atoms. The van der Waals surface area contributed by atoms with E-state index in [4.69, 9.17) is 9.47 Å². The topological polar surface area (TPSA) is 91.1 Å². The smallest absolute Gasteiger partial charge is 0.336 e. The van der Waals surface area contributed by atoms with Crippen LogP contribution in [-0.2, 0) is 29.1 Å². The van der Waals surface area contributed by atoms with Crippen molar-refractivity contribution in [2.45, 2.75) is 57.5 Å². The molecule has 8 heteroatoms. The normalized spacial score (nSPS) is 21.7. The van der Waals surface area contributed by atoms with Crippen LogP contribution in [0.25, 0.3) is 0 Å². The van der Waals surface area contributed by atoms with Gasteiger partial charge in [0.05, 0.1) is 32.0 Å². The van der Waals surface area contributed by atoms with Gasteiger partial charge in [0.1, 0.15) is 0 Å². The summed E-state index contributed by atoms with van der Waals surface area (Å²) in [4.78, 5) is 37.5. The Labute approximate surface area is 138 Å². The minimum Gasteiger partial charge on any atom is -0.373 e. The molecule has 0 saturated carbocycles. The number of rotatable bonds is 10. The first kappa shape index (κ1) is 16.9. The summed E-state index contributed by atoms with van der Waals surface area (Å²) in [7, 11) is 0. The Kier molecular flexibility index (Phi) is 5.15. The van der Waals surface area contributed by atoms with E-state index in [1.54, 1.807) is 0 Å². The minimum absolute atomic E-state index is 0.0927. The molecule has 0 spiro atoms. The summed E-state index contributed by atoms with van der Waals surface area (Å²) in [5, 5.41) is 0. The van der Waals surface area contributed by atoms with Gasteiger partial charge >= 0.3 is 17.1 Å². The van der Waals surface area contributed by atoms with Crippen molar-refractivity contribution >= 4 is 0 Å². The molecule has 0 aliphatic carbocycles. The summed E-state index contributed by atoms with van der Waals surface area (Å²) in [5.74, 6) is 0. The predicted molar refractivity (Wildman–Crippen MR) is 87.4 cm³/mol. The fraction of sp³-hybridized carbons (Fsp3) is 0.688. The molecular weight excluding hydrogens is 314 g/mol. The molecule has 24 heavy (non-hydrogen) atoms. The number of nitrogens with zero attached hydrogens (tertiary/aromatic N) is 3. The van der Waals surface area contributed by atoms with Gasteiger partial charge in [0, 0.05) is 13.1 Å². The van der Waals surface area contributed by atoms with Crippen LogP contribution >= 0.6 is 0 Å². The van der Waals surface area contributed by atoms with Crippen molar-refractivity contribution in [3.63, 3.8) is 0 Å². The third kappa shape index (κ3) is 3.93. The van der Waals surface area contributed by atoms with Gasteiger partial charge < -0.3 is 9.47 Å². The largest absolute Gasteiger partial charge is 0.373 e. The van der Waals surface area contributed by atoms with Gasteiger partial charge in [-0.05, 0) is 25.7 Å². The number of hydrogen-bond donors (Lipinski definition) is 0. The third-order valence-corrected chi connectivity index (χ3v) is 4.32. The van der Waals surface area contributed by atoms with Crippen molar-refractivity contribution in [3.8, 4) is 0 Å². The molecule has 2 saturated heterocycles. The second-order valence-corrected chi connectivity index (χ2v) is 6.25. The molecule has 0 radical (unpaired) electrons. The zero-order chi connectivity index (χ0) is 17.1. The molecule has 1 aromatic heterocycles. The Hall–Kier alpha value is -1.93. The first-order valence-corrected chi connectivity index (χ1v) is 8.40. The quantitative estimate of drug-likeness (QED) is 0.432. The van der Waals surface area contributed by atoms with E-state index >= 15 is 0 Å². The molecule has 3 heterocycles. The van der Waals surface area contributed by atoms with Gasteiger partial charge in [-0.1, -0.05) is 6.08 Å². The molecule has 2 aliphatic heterocycles. The molecule has 0 amide bonds. The van der Waals surface area contributed by atoms with E-state index in [-0.39, 0.29) is 18.8 Å². The lowest BCUT2D eigenvalue weighted by molar-refractivity contribution is 0.370. The average Bonchev–Trinajstić information content (AvgIpc) is 3.45. The maximum Gasteiger partial charge on any atom is 0.336 e. The predicted octanol–water partition coefficient (Wildman–Crippen LogP) is -0.284. The number of hydrogen-bond acceptors (Lipinski definition) is 5. The SMILES string of the molecule is C=CCn1c(=O)n(CCCC2CO2)c(=O)n(CCCC2CO2)c1=O. The van der Waals surface area contributed by atoms with Crippen LogP contribution in [0, 0.1) is 0 Å². The lowest BCUT2D eigenvalue weighted by Crippen LogP contribution is -2.54. The average molecular weight is 337 g/mol.